The summed E-state index contributed by atoms with van der Waals surface area (Å²) in [4.78, 5) is 20.5. The fourth-order valence-corrected chi connectivity index (χ4v) is 1.03. The summed E-state index contributed by atoms with van der Waals surface area (Å²) >= 11 is 0. The summed E-state index contributed by atoms with van der Waals surface area (Å²) in [6, 6.07) is 9.62. The highest BCUT2D eigenvalue weighted by atomic mass is 16.6. The summed E-state index contributed by atoms with van der Waals surface area (Å²) in [7, 11) is 0. The molecule has 0 heterocycles. The second kappa shape index (κ2) is 6.73. The molecule has 0 fully saturated rings. The highest BCUT2D eigenvalue weighted by Gasteiger charge is 2.01. The standard InChI is InChI=1S/C11H12O4/c12-9-15-11(13)6-7-14-8-10-4-2-1-3-5-10/h1-5,9H,6-8H2. The summed E-state index contributed by atoms with van der Waals surface area (Å²) in [5.41, 5.74) is 1.04. The van der Waals surface area contributed by atoms with Gasteiger partial charge in [-0.05, 0) is 5.56 Å². The second-order valence-electron chi connectivity index (χ2n) is 2.87. The molecule has 0 spiro atoms. The molecule has 0 N–H and O–H groups in total. The molecule has 1 aromatic carbocycles. The van der Waals surface area contributed by atoms with Crippen LogP contribution < -0.4 is 0 Å². The smallest absolute Gasteiger partial charge is 0.315 e. The van der Waals surface area contributed by atoms with Gasteiger partial charge in [-0.2, -0.15) is 0 Å². The van der Waals surface area contributed by atoms with Crippen molar-refractivity contribution >= 4 is 12.4 Å². The van der Waals surface area contributed by atoms with Gasteiger partial charge in [-0.25, -0.2) is 0 Å². The van der Waals surface area contributed by atoms with Gasteiger partial charge in [0, 0.05) is 0 Å². The predicted molar refractivity (Wildman–Crippen MR) is 52.9 cm³/mol. The van der Waals surface area contributed by atoms with Gasteiger partial charge in [0.05, 0.1) is 19.6 Å². The summed E-state index contributed by atoms with van der Waals surface area (Å²) in [6.07, 6.45) is 0.0889. The van der Waals surface area contributed by atoms with Crippen LogP contribution in [0.2, 0.25) is 0 Å². The monoisotopic (exact) mass is 208 g/mol. The quantitative estimate of drug-likeness (QED) is 0.306. The second-order valence-corrected chi connectivity index (χ2v) is 2.87. The van der Waals surface area contributed by atoms with Crippen molar-refractivity contribution in [1.82, 2.24) is 0 Å². The zero-order valence-corrected chi connectivity index (χ0v) is 8.22. The third kappa shape index (κ3) is 4.93. The van der Waals surface area contributed by atoms with Crippen molar-refractivity contribution in [2.24, 2.45) is 0 Å². The normalized spacial score (nSPS) is 9.60. The number of hydrogen-bond acceptors (Lipinski definition) is 4. The maximum absolute atomic E-state index is 10.7. The first-order valence-electron chi connectivity index (χ1n) is 4.57. The minimum absolute atomic E-state index is 0.0889. The maximum Gasteiger partial charge on any atom is 0.315 e. The van der Waals surface area contributed by atoms with Crippen LogP contribution in [-0.4, -0.2) is 19.0 Å². The van der Waals surface area contributed by atoms with Crippen LogP contribution >= 0.6 is 0 Å². The van der Waals surface area contributed by atoms with E-state index in [1.165, 1.54) is 0 Å². The zero-order valence-electron chi connectivity index (χ0n) is 8.22. The van der Waals surface area contributed by atoms with Crippen molar-refractivity contribution in [2.45, 2.75) is 13.0 Å². The first-order valence-corrected chi connectivity index (χ1v) is 4.57. The van der Waals surface area contributed by atoms with E-state index in [1.807, 2.05) is 30.3 Å². The zero-order chi connectivity index (χ0) is 10.9. The van der Waals surface area contributed by atoms with E-state index in [0.717, 1.165) is 5.56 Å². The Kier molecular flexibility index (Phi) is 5.11. The minimum atomic E-state index is -0.571. The lowest BCUT2D eigenvalue weighted by Crippen LogP contribution is -2.07. The number of rotatable bonds is 6. The lowest BCUT2D eigenvalue weighted by molar-refractivity contribution is -0.152. The van der Waals surface area contributed by atoms with Crippen LogP contribution in [0.4, 0.5) is 0 Å². The van der Waals surface area contributed by atoms with Gasteiger partial charge >= 0.3 is 12.4 Å². The molecule has 0 aliphatic carbocycles. The summed E-state index contributed by atoms with van der Waals surface area (Å²) in [6.45, 7) is 0.830. The number of ether oxygens (including phenoxy) is 2. The first kappa shape index (κ1) is 11.4. The van der Waals surface area contributed by atoms with Crippen LogP contribution in [0, 0.1) is 0 Å². The van der Waals surface area contributed by atoms with Crippen molar-refractivity contribution < 1.29 is 19.1 Å². The van der Waals surface area contributed by atoms with Gasteiger partial charge in [-0.15, -0.1) is 0 Å². The van der Waals surface area contributed by atoms with Crippen molar-refractivity contribution in [3.8, 4) is 0 Å². The van der Waals surface area contributed by atoms with Crippen molar-refractivity contribution in [2.75, 3.05) is 6.61 Å². The predicted octanol–water partition coefficient (Wildman–Crippen LogP) is 1.29. The third-order valence-corrected chi connectivity index (χ3v) is 1.74. The largest absolute Gasteiger partial charge is 0.395 e. The molecule has 0 amide bonds. The molecule has 80 valence electrons. The molecule has 0 aliphatic heterocycles. The van der Waals surface area contributed by atoms with Crippen LogP contribution in [0.3, 0.4) is 0 Å². The van der Waals surface area contributed by atoms with Gasteiger partial charge in [-0.3, -0.25) is 9.59 Å². The average molecular weight is 208 g/mol. The van der Waals surface area contributed by atoms with Crippen LogP contribution in [0.25, 0.3) is 0 Å². The van der Waals surface area contributed by atoms with E-state index in [9.17, 15) is 9.59 Å². The lowest BCUT2D eigenvalue weighted by Gasteiger charge is -2.02. The molecule has 0 bridgehead atoms. The molecule has 4 heteroatoms. The van der Waals surface area contributed by atoms with Crippen LogP contribution in [0.15, 0.2) is 30.3 Å². The Morgan fingerprint density at radius 3 is 2.67 bits per heavy atom. The molecule has 0 saturated carbocycles. The molecule has 0 radical (unpaired) electrons. The fourth-order valence-electron chi connectivity index (χ4n) is 1.03. The number of benzene rings is 1. The number of esters is 1. The lowest BCUT2D eigenvalue weighted by atomic mass is 10.2. The topological polar surface area (TPSA) is 52.6 Å². The SMILES string of the molecule is O=COC(=O)CCOCc1ccccc1. The Balaban J connectivity index is 2.12. The van der Waals surface area contributed by atoms with Gasteiger partial charge in [0.1, 0.15) is 0 Å². The van der Waals surface area contributed by atoms with E-state index in [2.05, 4.69) is 4.74 Å². The number of carbonyl (C=O) groups is 2. The van der Waals surface area contributed by atoms with Crippen molar-refractivity contribution in [3.05, 3.63) is 35.9 Å². The van der Waals surface area contributed by atoms with Gasteiger partial charge in [0.15, 0.2) is 0 Å². The Hall–Kier alpha value is -1.68. The molecule has 0 atom stereocenters. The van der Waals surface area contributed by atoms with E-state index < -0.39 is 5.97 Å². The van der Waals surface area contributed by atoms with Gasteiger partial charge in [0.2, 0.25) is 0 Å². The van der Waals surface area contributed by atoms with E-state index in [4.69, 9.17) is 4.74 Å². The summed E-state index contributed by atoms with van der Waals surface area (Å²) < 4.78 is 9.31. The average Bonchev–Trinajstić information content (AvgIpc) is 2.26. The van der Waals surface area contributed by atoms with E-state index >= 15 is 0 Å². The Labute approximate surface area is 87.8 Å². The number of carbonyl (C=O) groups excluding carboxylic acids is 2. The maximum atomic E-state index is 10.7. The van der Waals surface area contributed by atoms with Crippen LogP contribution in [0.1, 0.15) is 12.0 Å². The summed E-state index contributed by atoms with van der Waals surface area (Å²) in [5, 5.41) is 0. The highest BCUT2D eigenvalue weighted by Crippen LogP contribution is 2.00. The van der Waals surface area contributed by atoms with Crippen molar-refractivity contribution in [1.29, 1.82) is 0 Å². The molecule has 0 aromatic heterocycles. The number of hydrogen-bond donors (Lipinski definition) is 0. The molecule has 1 rings (SSSR count). The molecule has 4 nitrogen and oxygen atoms in total. The van der Waals surface area contributed by atoms with E-state index in [0.29, 0.717) is 6.61 Å². The molecule has 1 aromatic rings. The molecule has 0 aliphatic rings. The van der Waals surface area contributed by atoms with E-state index in [-0.39, 0.29) is 19.5 Å². The third-order valence-electron chi connectivity index (χ3n) is 1.74. The molecule has 0 saturated heterocycles. The minimum Gasteiger partial charge on any atom is -0.395 e. The molecular weight excluding hydrogens is 196 g/mol. The van der Waals surface area contributed by atoms with Crippen LogP contribution in [-0.2, 0) is 25.7 Å². The molecule has 0 unspecified atom stereocenters. The van der Waals surface area contributed by atoms with Gasteiger partial charge in [-0.1, -0.05) is 30.3 Å². The first-order chi connectivity index (χ1) is 7.33. The molecule has 15 heavy (non-hydrogen) atoms. The molecular formula is C11H12O4. The van der Waals surface area contributed by atoms with Gasteiger partial charge in [0.25, 0.3) is 0 Å². The van der Waals surface area contributed by atoms with E-state index in [1.54, 1.807) is 0 Å². The Bertz CT molecular complexity index is 308. The van der Waals surface area contributed by atoms with Crippen molar-refractivity contribution in [3.63, 3.8) is 0 Å². The summed E-state index contributed by atoms with van der Waals surface area (Å²) in [5.74, 6) is -0.571. The Morgan fingerprint density at radius 1 is 1.27 bits per heavy atom. The highest BCUT2D eigenvalue weighted by molar-refractivity contribution is 5.76. The van der Waals surface area contributed by atoms with Gasteiger partial charge < -0.3 is 9.47 Å². The fraction of sp³-hybridized carbons (Fsp3) is 0.273. The van der Waals surface area contributed by atoms with Crippen LogP contribution in [0.5, 0.6) is 0 Å². The Morgan fingerprint density at radius 2 is 2.00 bits per heavy atom.